The van der Waals surface area contributed by atoms with Gasteiger partial charge in [0.05, 0.1) is 17.8 Å². The molecule has 4 nitrogen and oxygen atoms in total. The van der Waals surface area contributed by atoms with Crippen LogP contribution in [0.1, 0.15) is 23.5 Å². The fourth-order valence-corrected chi connectivity index (χ4v) is 2.35. The maximum atomic E-state index is 10.7. The highest BCUT2D eigenvalue weighted by atomic mass is 16.4. The number of carboxylic acid groups (broad SMARTS) is 1. The molecular weight excluding hydrogens is 240 g/mol. The van der Waals surface area contributed by atoms with E-state index in [0.29, 0.717) is 6.42 Å². The zero-order valence-electron chi connectivity index (χ0n) is 11.5. The zero-order valence-corrected chi connectivity index (χ0v) is 11.5. The van der Waals surface area contributed by atoms with Gasteiger partial charge in [-0.3, -0.25) is 4.79 Å². The van der Waals surface area contributed by atoms with Crippen LogP contribution < -0.4 is 0 Å². The number of carbonyl (C=O) groups is 1. The maximum Gasteiger partial charge on any atom is 0.303 e. The van der Waals surface area contributed by atoms with Crippen LogP contribution in [-0.2, 0) is 18.3 Å². The molecular formula is C15H18N2O2. The molecule has 0 aliphatic heterocycles. The first-order valence-corrected chi connectivity index (χ1v) is 6.30. The predicted molar refractivity (Wildman–Crippen MR) is 74.1 cm³/mol. The number of hydrogen-bond donors (Lipinski definition) is 1. The van der Waals surface area contributed by atoms with Crippen LogP contribution in [-0.4, -0.2) is 20.6 Å². The highest BCUT2D eigenvalue weighted by molar-refractivity contribution is 5.68. The van der Waals surface area contributed by atoms with Crippen molar-refractivity contribution < 1.29 is 9.90 Å². The maximum absolute atomic E-state index is 10.7. The fourth-order valence-electron chi connectivity index (χ4n) is 2.35. The van der Waals surface area contributed by atoms with E-state index in [1.165, 1.54) is 5.56 Å². The number of nitrogens with zero attached hydrogens (tertiary/aromatic N) is 2. The van der Waals surface area contributed by atoms with E-state index < -0.39 is 5.97 Å². The molecule has 100 valence electrons. The molecule has 4 heteroatoms. The quantitative estimate of drug-likeness (QED) is 0.917. The topological polar surface area (TPSA) is 55.1 Å². The number of imidazole rings is 1. The average Bonchev–Trinajstić information content (AvgIpc) is 2.63. The Morgan fingerprint density at radius 1 is 1.32 bits per heavy atom. The van der Waals surface area contributed by atoms with Crippen LogP contribution in [0.5, 0.6) is 0 Å². The molecule has 1 aromatic carbocycles. The van der Waals surface area contributed by atoms with Gasteiger partial charge >= 0.3 is 5.97 Å². The predicted octanol–water partition coefficient (Wildman–Crippen LogP) is 2.72. The first-order chi connectivity index (χ1) is 9.00. The van der Waals surface area contributed by atoms with E-state index in [9.17, 15) is 4.79 Å². The minimum absolute atomic E-state index is 0.109. The van der Waals surface area contributed by atoms with Gasteiger partial charge in [-0.05, 0) is 19.4 Å². The highest BCUT2D eigenvalue weighted by Crippen LogP contribution is 2.27. The first kappa shape index (κ1) is 13.3. The SMILES string of the molecule is Cc1ccccc1-c1c(C)nc(CCC(=O)O)n1C. The Bertz CT molecular complexity index is 615. The third-order valence-electron chi connectivity index (χ3n) is 3.32. The van der Waals surface area contributed by atoms with Crippen LogP contribution in [0.25, 0.3) is 11.3 Å². The van der Waals surface area contributed by atoms with Crippen molar-refractivity contribution in [1.82, 2.24) is 9.55 Å². The van der Waals surface area contributed by atoms with Crippen molar-refractivity contribution in [2.24, 2.45) is 7.05 Å². The summed E-state index contributed by atoms with van der Waals surface area (Å²) in [6.45, 7) is 4.03. The molecule has 0 bridgehead atoms. The molecule has 0 aliphatic carbocycles. The molecule has 0 saturated heterocycles. The van der Waals surface area contributed by atoms with Gasteiger partial charge < -0.3 is 9.67 Å². The summed E-state index contributed by atoms with van der Waals surface area (Å²) in [7, 11) is 1.94. The molecule has 2 aromatic rings. The van der Waals surface area contributed by atoms with Crippen molar-refractivity contribution in [3.63, 3.8) is 0 Å². The van der Waals surface area contributed by atoms with Gasteiger partial charge in [-0.25, -0.2) is 4.98 Å². The van der Waals surface area contributed by atoms with Gasteiger partial charge in [0.2, 0.25) is 0 Å². The van der Waals surface area contributed by atoms with Crippen molar-refractivity contribution in [1.29, 1.82) is 0 Å². The van der Waals surface area contributed by atoms with E-state index in [0.717, 1.165) is 22.8 Å². The molecule has 1 heterocycles. The summed E-state index contributed by atoms with van der Waals surface area (Å²) < 4.78 is 2.00. The zero-order chi connectivity index (χ0) is 14.0. The van der Waals surface area contributed by atoms with Crippen molar-refractivity contribution >= 4 is 5.97 Å². The molecule has 0 radical (unpaired) electrons. The van der Waals surface area contributed by atoms with E-state index in [2.05, 4.69) is 24.0 Å². The van der Waals surface area contributed by atoms with Gasteiger partial charge in [0.25, 0.3) is 0 Å². The van der Waals surface area contributed by atoms with Crippen LogP contribution in [0.2, 0.25) is 0 Å². The minimum atomic E-state index is -0.793. The second kappa shape index (κ2) is 5.26. The highest BCUT2D eigenvalue weighted by Gasteiger charge is 2.15. The third kappa shape index (κ3) is 2.67. The number of benzene rings is 1. The van der Waals surface area contributed by atoms with Gasteiger partial charge in [0.1, 0.15) is 5.82 Å². The normalized spacial score (nSPS) is 10.7. The smallest absolute Gasteiger partial charge is 0.303 e. The molecule has 1 aromatic heterocycles. The lowest BCUT2D eigenvalue weighted by molar-refractivity contribution is -0.137. The van der Waals surface area contributed by atoms with Crippen molar-refractivity contribution in [2.45, 2.75) is 26.7 Å². The molecule has 0 aliphatic rings. The molecule has 0 spiro atoms. The lowest BCUT2D eigenvalue weighted by Gasteiger charge is -2.09. The molecule has 0 atom stereocenters. The number of carboxylic acids is 1. The minimum Gasteiger partial charge on any atom is -0.481 e. The van der Waals surface area contributed by atoms with E-state index in [4.69, 9.17) is 5.11 Å². The van der Waals surface area contributed by atoms with Crippen molar-refractivity contribution in [3.05, 3.63) is 41.3 Å². The van der Waals surface area contributed by atoms with Gasteiger partial charge in [-0.15, -0.1) is 0 Å². The summed E-state index contributed by atoms with van der Waals surface area (Å²) in [4.78, 5) is 15.2. The summed E-state index contributed by atoms with van der Waals surface area (Å²) in [6, 6.07) is 8.15. The third-order valence-corrected chi connectivity index (χ3v) is 3.32. The summed E-state index contributed by atoms with van der Waals surface area (Å²) in [5, 5.41) is 8.77. The number of rotatable bonds is 4. The summed E-state index contributed by atoms with van der Waals surface area (Å²) in [6.07, 6.45) is 0.566. The summed E-state index contributed by atoms with van der Waals surface area (Å²) in [5.74, 6) is 0.0243. The summed E-state index contributed by atoms with van der Waals surface area (Å²) >= 11 is 0. The van der Waals surface area contributed by atoms with E-state index in [-0.39, 0.29) is 6.42 Å². The molecule has 0 fully saturated rings. The Hall–Kier alpha value is -2.10. The van der Waals surface area contributed by atoms with Crippen molar-refractivity contribution in [2.75, 3.05) is 0 Å². The van der Waals surface area contributed by atoms with Crippen LogP contribution >= 0.6 is 0 Å². The summed E-state index contributed by atoms with van der Waals surface area (Å²) in [5.41, 5.74) is 4.35. The number of aryl methyl sites for hydroxylation is 3. The Morgan fingerprint density at radius 2 is 2.00 bits per heavy atom. The molecule has 1 N–H and O–H groups in total. The van der Waals surface area contributed by atoms with Gasteiger partial charge in [0.15, 0.2) is 0 Å². The fraction of sp³-hybridized carbons (Fsp3) is 0.333. The van der Waals surface area contributed by atoms with E-state index >= 15 is 0 Å². The monoisotopic (exact) mass is 258 g/mol. The largest absolute Gasteiger partial charge is 0.481 e. The molecule has 0 amide bonds. The van der Waals surface area contributed by atoms with Crippen LogP contribution in [0.15, 0.2) is 24.3 Å². The van der Waals surface area contributed by atoms with Gasteiger partial charge in [-0.2, -0.15) is 0 Å². The lowest BCUT2D eigenvalue weighted by atomic mass is 10.0. The Labute approximate surface area is 112 Å². The van der Waals surface area contributed by atoms with E-state index in [1.807, 2.05) is 30.7 Å². The lowest BCUT2D eigenvalue weighted by Crippen LogP contribution is -2.04. The Kier molecular flexibility index (Phi) is 3.69. The second-order valence-corrected chi connectivity index (χ2v) is 4.73. The van der Waals surface area contributed by atoms with E-state index in [1.54, 1.807) is 0 Å². The Morgan fingerprint density at radius 3 is 2.63 bits per heavy atom. The van der Waals surface area contributed by atoms with Crippen LogP contribution in [0, 0.1) is 13.8 Å². The molecule has 0 saturated carbocycles. The van der Waals surface area contributed by atoms with Gasteiger partial charge in [-0.1, -0.05) is 24.3 Å². The first-order valence-electron chi connectivity index (χ1n) is 6.30. The van der Waals surface area contributed by atoms with Gasteiger partial charge in [0, 0.05) is 19.0 Å². The number of hydrogen-bond acceptors (Lipinski definition) is 2. The Balaban J connectivity index is 2.42. The molecule has 2 rings (SSSR count). The van der Waals surface area contributed by atoms with Crippen LogP contribution in [0.3, 0.4) is 0 Å². The second-order valence-electron chi connectivity index (χ2n) is 4.73. The standard InChI is InChI=1S/C15H18N2O2/c1-10-6-4-5-7-12(10)15-11(2)16-13(17(15)3)8-9-14(18)19/h4-7H,8-9H2,1-3H3,(H,18,19). The molecule has 0 unspecified atom stereocenters. The number of aromatic nitrogens is 2. The average molecular weight is 258 g/mol. The number of aliphatic carboxylic acids is 1. The molecule has 19 heavy (non-hydrogen) atoms. The van der Waals surface area contributed by atoms with Crippen molar-refractivity contribution in [3.8, 4) is 11.3 Å². The van der Waals surface area contributed by atoms with Crippen LogP contribution in [0.4, 0.5) is 0 Å².